The number of sulfonamides is 1. The van der Waals surface area contributed by atoms with Crippen LogP contribution in [-0.2, 0) is 19.9 Å². The molecule has 0 aliphatic heterocycles. The minimum absolute atomic E-state index is 0.309. The summed E-state index contributed by atoms with van der Waals surface area (Å²) in [6, 6.07) is 1.61. The van der Waals surface area contributed by atoms with E-state index < -0.39 is 31.4 Å². The molecule has 9 heteroatoms. The van der Waals surface area contributed by atoms with Crippen LogP contribution in [0.25, 0.3) is 0 Å². The van der Waals surface area contributed by atoms with E-state index in [4.69, 9.17) is 0 Å². The Hall–Kier alpha value is -0.670. The number of nitrogens with zero attached hydrogens (tertiary/aromatic N) is 1. The highest BCUT2D eigenvalue weighted by atomic mass is 79.9. The van der Waals surface area contributed by atoms with Crippen LogP contribution in [0.3, 0.4) is 0 Å². The smallest absolute Gasteiger partial charge is 0.233 e. The Balaban J connectivity index is 2.80. The lowest BCUT2D eigenvalue weighted by atomic mass is 10.3. The Morgan fingerprint density at radius 3 is 2.39 bits per heavy atom. The quantitative estimate of drug-likeness (QED) is 0.792. The summed E-state index contributed by atoms with van der Waals surface area (Å²) < 4.78 is 48.0. The number of nitrogens with one attached hydrogen (secondary N) is 1. The Labute approximate surface area is 115 Å². The number of aryl methyl sites for hydroxylation is 1. The van der Waals surface area contributed by atoms with Crippen LogP contribution in [0.4, 0.5) is 5.69 Å². The van der Waals surface area contributed by atoms with Crippen molar-refractivity contribution >= 4 is 41.5 Å². The number of aromatic nitrogens is 1. The van der Waals surface area contributed by atoms with Gasteiger partial charge in [-0.25, -0.2) is 21.8 Å². The zero-order valence-corrected chi connectivity index (χ0v) is 13.1. The van der Waals surface area contributed by atoms with E-state index >= 15 is 0 Å². The highest BCUT2D eigenvalue weighted by molar-refractivity contribution is 9.10. The minimum Gasteiger partial charge on any atom is -0.282 e. The summed E-state index contributed by atoms with van der Waals surface area (Å²) in [5.41, 5.74) is 1.09. The number of sulfone groups is 1. The maximum absolute atomic E-state index is 11.6. The molecule has 0 saturated heterocycles. The molecule has 102 valence electrons. The molecule has 1 aromatic rings. The highest BCUT2D eigenvalue weighted by Gasteiger charge is 2.15. The summed E-state index contributed by atoms with van der Waals surface area (Å²) in [5, 5.41) is 0. The zero-order chi connectivity index (χ0) is 14.0. The molecule has 6 nitrogen and oxygen atoms in total. The normalized spacial score (nSPS) is 12.4. The Morgan fingerprint density at radius 1 is 1.28 bits per heavy atom. The first-order valence-corrected chi connectivity index (χ1v) is 9.40. The molecule has 0 bridgehead atoms. The summed E-state index contributed by atoms with van der Waals surface area (Å²) in [6.45, 7) is 1.77. The molecular formula is C9H13BrN2O4S2. The molecule has 0 unspecified atom stereocenters. The van der Waals surface area contributed by atoms with Crippen LogP contribution in [-0.4, -0.2) is 39.6 Å². The lowest BCUT2D eigenvalue weighted by Gasteiger charge is -2.08. The van der Waals surface area contributed by atoms with Gasteiger partial charge in [0.15, 0.2) is 0 Å². The van der Waals surface area contributed by atoms with Gasteiger partial charge < -0.3 is 0 Å². The molecule has 0 radical (unpaired) electrons. The van der Waals surface area contributed by atoms with Crippen LogP contribution in [0.1, 0.15) is 5.56 Å². The standard InChI is InChI=1S/C9H13BrN2O4S2/c1-7-5-8(6-11-9(7)10)12-18(15,16)4-3-17(2,13)14/h5-6,12H,3-4H2,1-2H3. The van der Waals surface area contributed by atoms with E-state index in [1.807, 2.05) is 0 Å². The molecule has 0 amide bonds. The molecule has 1 heterocycles. The molecule has 0 aromatic carbocycles. The van der Waals surface area contributed by atoms with Crippen molar-refractivity contribution in [2.75, 3.05) is 22.5 Å². The van der Waals surface area contributed by atoms with Crippen molar-refractivity contribution in [3.63, 3.8) is 0 Å². The highest BCUT2D eigenvalue weighted by Crippen LogP contribution is 2.17. The van der Waals surface area contributed by atoms with E-state index in [2.05, 4.69) is 25.6 Å². The van der Waals surface area contributed by atoms with E-state index in [-0.39, 0.29) is 0 Å². The van der Waals surface area contributed by atoms with E-state index in [9.17, 15) is 16.8 Å². The summed E-state index contributed by atoms with van der Waals surface area (Å²) in [7, 11) is -6.99. The molecule has 1 N–H and O–H groups in total. The van der Waals surface area contributed by atoms with Crippen LogP contribution in [0, 0.1) is 6.92 Å². The van der Waals surface area contributed by atoms with Gasteiger partial charge in [-0.2, -0.15) is 0 Å². The van der Waals surface area contributed by atoms with E-state index in [1.54, 1.807) is 13.0 Å². The predicted octanol–water partition coefficient (Wildman–Crippen LogP) is 0.939. The van der Waals surface area contributed by atoms with Crippen molar-refractivity contribution in [2.45, 2.75) is 6.92 Å². The number of rotatable bonds is 5. The molecule has 0 atom stereocenters. The Morgan fingerprint density at radius 2 is 1.89 bits per heavy atom. The first-order valence-electron chi connectivity index (χ1n) is 4.89. The van der Waals surface area contributed by atoms with Gasteiger partial charge in [0.25, 0.3) is 0 Å². The zero-order valence-electron chi connectivity index (χ0n) is 9.84. The van der Waals surface area contributed by atoms with Gasteiger partial charge in [0.1, 0.15) is 14.4 Å². The molecule has 0 aliphatic rings. The van der Waals surface area contributed by atoms with Gasteiger partial charge in [-0.05, 0) is 34.5 Å². The van der Waals surface area contributed by atoms with Crippen molar-refractivity contribution in [3.05, 3.63) is 22.4 Å². The molecule has 0 fully saturated rings. The maximum atomic E-state index is 11.6. The van der Waals surface area contributed by atoms with Crippen LogP contribution in [0.2, 0.25) is 0 Å². The SMILES string of the molecule is Cc1cc(NS(=O)(=O)CCS(C)(=O)=O)cnc1Br. The minimum atomic E-state index is -3.68. The fraction of sp³-hybridized carbons (Fsp3) is 0.444. The summed E-state index contributed by atoms with van der Waals surface area (Å²) in [4.78, 5) is 3.94. The van der Waals surface area contributed by atoms with E-state index in [0.717, 1.165) is 11.8 Å². The van der Waals surface area contributed by atoms with Gasteiger partial charge in [-0.15, -0.1) is 0 Å². The van der Waals surface area contributed by atoms with Crippen LogP contribution in [0.5, 0.6) is 0 Å². The van der Waals surface area contributed by atoms with Gasteiger partial charge in [0.2, 0.25) is 10.0 Å². The van der Waals surface area contributed by atoms with Gasteiger partial charge in [0, 0.05) is 6.26 Å². The number of hydrogen-bond acceptors (Lipinski definition) is 5. The molecule has 1 aromatic heterocycles. The Bertz CT molecular complexity index is 641. The van der Waals surface area contributed by atoms with Gasteiger partial charge in [-0.1, -0.05) is 0 Å². The van der Waals surface area contributed by atoms with Gasteiger partial charge >= 0.3 is 0 Å². The average Bonchev–Trinajstić information content (AvgIpc) is 2.20. The average molecular weight is 357 g/mol. The largest absolute Gasteiger partial charge is 0.282 e. The van der Waals surface area contributed by atoms with Gasteiger partial charge in [-0.3, -0.25) is 4.72 Å². The van der Waals surface area contributed by atoms with Crippen LogP contribution in [0.15, 0.2) is 16.9 Å². The predicted molar refractivity (Wildman–Crippen MR) is 73.8 cm³/mol. The molecule has 0 spiro atoms. The first-order chi connectivity index (χ1) is 8.09. The second-order valence-corrected chi connectivity index (χ2v) is 8.74. The van der Waals surface area contributed by atoms with E-state index in [1.165, 1.54) is 6.20 Å². The monoisotopic (exact) mass is 356 g/mol. The topological polar surface area (TPSA) is 93.2 Å². The van der Waals surface area contributed by atoms with Gasteiger partial charge in [0.05, 0.1) is 23.4 Å². The Kier molecular flexibility index (Phi) is 4.73. The number of pyridine rings is 1. The lowest BCUT2D eigenvalue weighted by molar-refractivity contribution is 0.593. The van der Waals surface area contributed by atoms with Crippen molar-refractivity contribution in [2.24, 2.45) is 0 Å². The first kappa shape index (κ1) is 15.4. The fourth-order valence-electron chi connectivity index (χ4n) is 1.11. The molecule has 18 heavy (non-hydrogen) atoms. The fourth-order valence-corrected chi connectivity index (χ4v) is 3.98. The van der Waals surface area contributed by atoms with Crippen molar-refractivity contribution < 1.29 is 16.8 Å². The van der Waals surface area contributed by atoms with Crippen LogP contribution >= 0.6 is 15.9 Å². The lowest BCUT2D eigenvalue weighted by Crippen LogP contribution is -2.22. The summed E-state index contributed by atoms with van der Waals surface area (Å²) >= 11 is 3.20. The third kappa shape index (κ3) is 5.32. The van der Waals surface area contributed by atoms with Crippen molar-refractivity contribution in [1.82, 2.24) is 4.98 Å². The summed E-state index contributed by atoms with van der Waals surface area (Å²) in [5.74, 6) is -0.883. The number of hydrogen-bond donors (Lipinski definition) is 1. The number of halogens is 1. The second kappa shape index (κ2) is 5.54. The molecule has 0 saturated carbocycles. The number of anilines is 1. The summed E-state index contributed by atoms with van der Waals surface area (Å²) in [6.07, 6.45) is 2.35. The maximum Gasteiger partial charge on any atom is 0.233 e. The van der Waals surface area contributed by atoms with Crippen molar-refractivity contribution in [3.8, 4) is 0 Å². The molecule has 0 aliphatic carbocycles. The van der Waals surface area contributed by atoms with Crippen LogP contribution < -0.4 is 4.72 Å². The van der Waals surface area contributed by atoms with E-state index in [0.29, 0.717) is 10.3 Å². The third-order valence-electron chi connectivity index (χ3n) is 2.01. The van der Waals surface area contributed by atoms with Crippen molar-refractivity contribution in [1.29, 1.82) is 0 Å². The molecular weight excluding hydrogens is 344 g/mol. The third-order valence-corrected chi connectivity index (χ3v) is 5.33. The second-order valence-electron chi connectivity index (χ2n) is 3.88. The molecule has 1 rings (SSSR count).